The second-order valence-corrected chi connectivity index (χ2v) is 19.8. The van der Waals surface area contributed by atoms with Crippen LogP contribution in [0.3, 0.4) is 0 Å². The minimum Gasteiger partial charge on any atom is -0.309 e. The van der Waals surface area contributed by atoms with Gasteiger partial charge in [0.05, 0.1) is 50.2 Å². The zero-order valence-corrected chi connectivity index (χ0v) is 42.0. The Morgan fingerprint density at radius 3 is 1.06 bits per heavy atom. The first-order chi connectivity index (χ1) is 38.2. The van der Waals surface area contributed by atoms with E-state index in [-0.39, 0.29) is 0 Å². The van der Waals surface area contributed by atoms with Crippen molar-refractivity contribution in [3.05, 3.63) is 291 Å². The van der Waals surface area contributed by atoms with Crippen LogP contribution < -0.4 is 10.4 Å². The lowest BCUT2D eigenvalue weighted by Crippen LogP contribution is -2.25. The SMILES string of the molecule is c1ccc(NN(c2ccccc2)c2ccc(-c3ccc4c(c3)c3ccccc3n4-c3ccccc3)c(-c3ccc4c(c3)c3ccccc3n4-c3ccccc3)c2-c2ccc3c(c2)c2ccccc2n3-c2ccccc2)cc1. The number of benzene rings is 12. The van der Waals surface area contributed by atoms with Crippen molar-refractivity contribution in [1.29, 1.82) is 0 Å². The number of hydrogen-bond donors (Lipinski definition) is 1. The predicted molar refractivity (Wildman–Crippen MR) is 324 cm³/mol. The van der Waals surface area contributed by atoms with Crippen LogP contribution in [0.15, 0.2) is 291 Å². The number of hydrogen-bond acceptors (Lipinski definition) is 2. The highest BCUT2D eigenvalue weighted by Gasteiger charge is 2.26. The fourth-order valence-corrected chi connectivity index (χ4v) is 12.1. The van der Waals surface area contributed by atoms with E-state index in [1.165, 1.54) is 48.9 Å². The molecule has 1 N–H and O–H groups in total. The molecular formula is C72H49N5. The first-order valence-corrected chi connectivity index (χ1v) is 26.3. The highest BCUT2D eigenvalue weighted by molar-refractivity contribution is 6.16. The van der Waals surface area contributed by atoms with Crippen LogP contribution in [0.25, 0.3) is 116 Å². The van der Waals surface area contributed by atoms with Crippen LogP contribution >= 0.6 is 0 Å². The summed E-state index contributed by atoms with van der Waals surface area (Å²) in [5, 5.41) is 9.46. The van der Waals surface area contributed by atoms with Crippen LogP contribution in [0.2, 0.25) is 0 Å². The topological polar surface area (TPSA) is 30.1 Å². The van der Waals surface area contributed by atoms with Crippen molar-refractivity contribution in [1.82, 2.24) is 13.7 Å². The van der Waals surface area contributed by atoms with Gasteiger partial charge in [0.15, 0.2) is 0 Å². The molecule has 15 rings (SSSR count). The molecule has 0 amide bonds. The molecule has 0 aliphatic rings. The van der Waals surface area contributed by atoms with E-state index in [2.05, 4.69) is 315 Å². The molecule has 0 atom stereocenters. The zero-order valence-electron chi connectivity index (χ0n) is 42.0. The maximum absolute atomic E-state index is 3.91. The number of para-hydroxylation sites is 8. The van der Waals surface area contributed by atoms with E-state index in [4.69, 9.17) is 0 Å². The second kappa shape index (κ2) is 18.2. The van der Waals surface area contributed by atoms with Crippen LogP contribution in [0.1, 0.15) is 0 Å². The van der Waals surface area contributed by atoms with E-state index in [0.717, 1.165) is 84.1 Å². The molecule has 362 valence electrons. The van der Waals surface area contributed by atoms with Crippen LogP contribution in [0, 0.1) is 0 Å². The molecule has 3 heterocycles. The fraction of sp³-hybridized carbons (Fsp3) is 0. The summed E-state index contributed by atoms with van der Waals surface area (Å²) in [4.78, 5) is 0. The number of fused-ring (bicyclic) bond motifs is 9. The van der Waals surface area contributed by atoms with Gasteiger partial charge in [-0.05, 0) is 149 Å². The maximum Gasteiger partial charge on any atom is 0.0715 e. The summed E-state index contributed by atoms with van der Waals surface area (Å²) < 4.78 is 7.20. The second-order valence-electron chi connectivity index (χ2n) is 19.8. The molecule has 0 bridgehead atoms. The Labute approximate surface area is 446 Å². The van der Waals surface area contributed by atoms with Gasteiger partial charge in [-0.1, -0.05) is 170 Å². The molecule has 77 heavy (non-hydrogen) atoms. The third kappa shape index (κ3) is 7.31. The number of nitrogens with zero attached hydrogens (tertiary/aromatic N) is 4. The summed E-state index contributed by atoms with van der Waals surface area (Å²) in [5.74, 6) is 0. The summed E-state index contributed by atoms with van der Waals surface area (Å²) in [6.45, 7) is 0. The molecule has 0 aliphatic heterocycles. The highest BCUT2D eigenvalue weighted by atomic mass is 15.5. The van der Waals surface area contributed by atoms with Crippen LogP contribution in [0.4, 0.5) is 17.1 Å². The third-order valence-corrected chi connectivity index (χ3v) is 15.4. The van der Waals surface area contributed by atoms with Crippen molar-refractivity contribution in [2.75, 3.05) is 10.4 Å². The van der Waals surface area contributed by atoms with Gasteiger partial charge in [-0.15, -0.1) is 0 Å². The van der Waals surface area contributed by atoms with Crippen LogP contribution in [-0.2, 0) is 0 Å². The van der Waals surface area contributed by atoms with Gasteiger partial charge in [-0.3, -0.25) is 10.4 Å². The zero-order chi connectivity index (χ0) is 50.8. The Hall–Kier alpha value is -10.4. The Bertz CT molecular complexity index is 4690. The van der Waals surface area contributed by atoms with Gasteiger partial charge in [-0.2, -0.15) is 0 Å². The number of hydrazine groups is 1. The van der Waals surface area contributed by atoms with Crippen LogP contribution in [-0.4, -0.2) is 13.7 Å². The molecular weight excluding hydrogens is 935 g/mol. The van der Waals surface area contributed by atoms with Gasteiger partial charge in [-0.25, -0.2) is 0 Å². The number of nitrogens with one attached hydrogen (secondary N) is 1. The summed E-state index contributed by atoms with van der Waals surface area (Å²) in [5.41, 5.74) is 24.0. The van der Waals surface area contributed by atoms with E-state index < -0.39 is 0 Å². The predicted octanol–water partition coefficient (Wildman–Crippen LogP) is 19.1. The van der Waals surface area contributed by atoms with Crippen molar-refractivity contribution in [3.63, 3.8) is 0 Å². The summed E-state index contributed by atoms with van der Waals surface area (Å²) in [7, 11) is 0. The standard InChI is InChI=1S/C72H49N5/c1-6-22-52(23-7-1)73-77(56-30-14-5-15-31-56)70-45-41-57(49-38-42-67-61(46-49)58-32-16-19-35-64(58)74(67)53-24-8-2-9-25-53)71(50-39-43-68-62(47-50)59-33-17-20-36-65(59)75(68)54-26-10-3-11-27-54)72(70)51-40-44-69-63(48-51)60-34-18-21-37-66(60)76(69)55-28-12-4-13-29-55/h1-48,73H. The van der Waals surface area contributed by atoms with E-state index in [0.29, 0.717) is 0 Å². The number of aromatic nitrogens is 3. The fourth-order valence-electron chi connectivity index (χ4n) is 12.1. The lowest BCUT2D eigenvalue weighted by Gasteiger charge is -2.31. The smallest absolute Gasteiger partial charge is 0.0715 e. The summed E-state index contributed by atoms with van der Waals surface area (Å²) >= 11 is 0. The molecule has 0 saturated heterocycles. The molecule has 0 radical (unpaired) electrons. The lowest BCUT2D eigenvalue weighted by molar-refractivity contribution is 1.16. The summed E-state index contributed by atoms with van der Waals surface area (Å²) in [6.07, 6.45) is 0. The Morgan fingerprint density at radius 2 is 0.610 bits per heavy atom. The van der Waals surface area contributed by atoms with E-state index in [1.807, 2.05) is 0 Å². The van der Waals surface area contributed by atoms with E-state index >= 15 is 0 Å². The quantitative estimate of drug-likeness (QED) is 0.138. The molecule has 15 aromatic rings. The molecule has 0 aliphatic carbocycles. The van der Waals surface area contributed by atoms with Crippen molar-refractivity contribution in [2.45, 2.75) is 0 Å². The minimum absolute atomic E-state index is 0.977. The largest absolute Gasteiger partial charge is 0.309 e. The molecule has 0 spiro atoms. The Kier molecular flexibility index (Phi) is 10.5. The van der Waals surface area contributed by atoms with Gasteiger partial charge < -0.3 is 13.7 Å². The van der Waals surface area contributed by atoms with Gasteiger partial charge >= 0.3 is 0 Å². The van der Waals surface area contributed by atoms with Gasteiger partial charge in [0, 0.05) is 54.9 Å². The van der Waals surface area contributed by atoms with E-state index in [9.17, 15) is 0 Å². The van der Waals surface area contributed by atoms with Crippen molar-refractivity contribution in [2.24, 2.45) is 0 Å². The Morgan fingerprint density at radius 1 is 0.260 bits per heavy atom. The van der Waals surface area contributed by atoms with Crippen molar-refractivity contribution < 1.29 is 0 Å². The highest BCUT2D eigenvalue weighted by Crippen LogP contribution is 2.50. The molecule has 12 aromatic carbocycles. The van der Waals surface area contributed by atoms with Crippen molar-refractivity contribution >= 4 is 82.5 Å². The molecule has 0 fully saturated rings. The number of anilines is 3. The summed E-state index contributed by atoms with van der Waals surface area (Å²) in [6, 6.07) is 106. The molecule has 0 unspecified atom stereocenters. The maximum atomic E-state index is 3.91. The molecule has 5 heteroatoms. The molecule has 5 nitrogen and oxygen atoms in total. The van der Waals surface area contributed by atoms with Gasteiger partial charge in [0.1, 0.15) is 0 Å². The normalized spacial score (nSPS) is 11.6. The monoisotopic (exact) mass is 983 g/mol. The van der Waals surface area contributed by atoms with Gasteiger partial charge in [0.25, 0.3) is 0 Å². The Balaban J connectivity index is 1.07. The average molecular weight is 984 g/mol. The molecule has 3 aromatic heterocycles. The first kappa shape index (κ1) is 44.2. The van der Waals surface area contributed by atoms with Crippen molar-refractivity contribution in [3.8, 4) is 50.4 Å². The minimum atomic E-state index is 0.977. The van der Waals surface area contributed by atoms with Crippen LogP contribution in [0.5, 0.6) is 0 Å². The average Bonchev–Trinajstić information content (AvgIpc) is 4.20. The van der Waals surface area contributed by atoms with Gasteiger partial charge in [0.2, 0.25) is 0 Å². The first-order valence-electron chi connectivity index (χ1n) is 26.3. The molecule has 0 saturated carbocycles. The number of rotatable bonds is 10. The lowest BCUT2D eigenvalue weighted by atomic mass is 9.85. The van der Waals surface area contributed by atoms with E-state index in [1.54, 1.807) is 0 Å². The third-order valence-electron chi connectivity index (χ3n) is 15.4.